The molecule has 0 fully saturated rings. The maximum atomic E-state index is 5.05. The van der Waals surface area contributed by atoms with E-state index < -0.39 is 0 Å². The third-order valence-corrected chi connectivity index (χ3v) is 6.27. The molecule has 8 bridgehead atoms. The van der Waals surface area contributed by atoms with Crippen molar-refractivity contribution in [1.29, 1.82) is 0 Å². The van der Waals surface area contributed by atoms with Crippen molar-refractivity contribution in [2.24, 2.45) is 0 Å². The fraction of sp³-hybridized carbons (Fsp3) is 0. The average molecular weight is 502 g/mol. The number of benzene rings is 2. The van der Waals surface area contributed by atoms with Gasteiger partial charge in [0.2, 0.25) is 0 Å². The second-order valence-electron chi connectivity index (χ2n) is 8.59. The van der Waals surface area contributed by atoms with Gasteiger partial charge in [-0.15, -0.1) is 0 Å². The van der Waals surface area contributed by atoms with Crippen molar-refractivity contribution < 1.29 is 19.5 Å². The molecule has 2 N–H and O–H groups in total. The summed E-state index contributed by atoms with van der Waals surface area (Å²) >= 11 is 0. The summed E-state index contributed by atoms with van der Waals surface area (Å²) in [6.45, 7) is 0. The molecule has 5 heteroatoms. The summed E-state index contributed by atoms with van der Waals surface area (Å²) in [6, 6.07) is 33.6. The molecule has 0 atom stereocenters. The number of rotatable bonds is 1. The van der Waals surface area contributed by atoms with E-state index in [1.54, 1.807) is 0 Å². The minimum atomic E-state index is 0. The Kier molecular flexibility index (Phi) is 5.28. The SMILES string of the molecule is C1=Cc2cc3cc(-c4ccccc4)c(cc4nc(cc5ccc(cc1n2)[nH]5)-c1ccccc1-4)[nH]3.[Zn]. The molecule has 0 radical (unpaired) electrons. The van der Waals surface area contributed by atoms with E-state index in [9.17, 15) is 0 Å². The van der Waals surface area contributed by atoms with Gasteiger partial charge in [0.1, 0.15) is 0 Å². The van der Waals surface area contributed by atoms with Crippen LogP contribution in [0.1, 0.15) is 11.4 Å². The van der Waals surface area contributed by atoms with Crippen LogP contribution in [-0.4, -0.2) is 19.9 Å². The Bertz CT molecular complexity index is 1760. The van der Waals surface area contributed by atoms with Gasteiger partial charge in [-0.25, -0.2) is 9.97 Å². The number of aromatic amines is 2. The van der Waals surface area contributed by atoms with Crippen LogP contribution in [0.4, 0.5) is 0 Å². The fourth-order valence-corrected chi connectivity index (χ4v) is 4.70. The van der Waals surface area contributed by atoms with E-state index in [1.165, 1.54) is 0 Å². The van der Waals surface area contributed by atoms with Crippen molar-refractivity contribution in [3.05, 3.63) is 108 Å². The molecule has 162 valence electrons. The van der Waals surface area contributed by atoms with Crippen LogP contribution in [0.5, 0.6) is 0 Å². The summed E-state index contributed by atoms with van der Waals surface area (Å²) in [5.41, 5.74) is 12.4. The van der Waals surface area contributed by atoms with Gasteiger partial charge < -0.3 is 9.97 Å². The van der Waals surface area contributed by atoms with E-state index in [2.05, 4.69) is 101 Å². The number of aromatic nitrogens is 4. The Morgan fingerprint density at radius 1 is 0.486 bits per heavy atom. The third kappa shape index (κ3) is 3.94. The molecule has 0 aliphatic carbocycles. The van der Waals surface area contributed by atoms with Crippen molar-refractivity contribution in [1.82, 2.24) is 19.9 Å². The third-order valence-electron chi connectivity index (χ3n) is 6.27. The van der Waals surface area contributed by atoms with Gasteiger partial charge in [0.15, 0.2) is 0 Å². The predicted molar refractivity (Wildman–Crippen MR) is 140 cm³/mol. The first-order valence-electron chi connectivity index (χ1n) is 11.3. The number of H-pyrrole nitrogens is 2. The topological polar surface area (TPSA) is 57.4 Å². The molecule has 0 spiro atoms. The Morgan fingerprint density at radius 3 is 1.86 bits per heavy atom. The molecule has 0 saturated heterocycles. The molecule has 35 heavy (non-hydrogen) atoms. The minimum absolute atomic E-state index is 0. The molecular formula is C30H20N4Zn. The summed E-state index contributed by atoms with van der Waals surface area (Å²) in [5.74, 6) is 0. The van der Waals surface area contributed by atoms with E-state index in [0.29, 0.717) is 0 Å². The first kappa shape index (κ1) is 21.5. The molecule has 2 aliphatic heterocycles. The molecule has 0 amide bonds. The first-order valence-corrected chi connectivity index (χ1v) is 11.3. The molecule has 4 nitrogen and oxygen atoms in total. The van der Waals surface area contributed by atoms with E-state index in [0.717, 1.165) is 67.1 Å². The van der Waals surface area contributed by atoms with Crippen LogP contribution in [0, 0.1) is 0 Å². The number of fused-ring (bicyclic) bond motifs is 11. The van der Waals surface area contributed by atoms with Crippen molar-refractivity contribution >= 4 is 34.2 Å². The van der Waals surface area contributed by atoms with Crippen molar-refractivity contribution in [2.45, 2.75) is 0 Å². The Labute approximate surface area is 215 Å². The summed E-state index contributed by atoms with van der Waals surface area (Å²) in [4.78, 5) is 16.9. The van der Waals surface area contributed by atoms with Gasteiger partial charge in [-0.1, -0.05) is 54.6 Å². The summed E-state index contributed by atoms with van der Waals surface area (Å²) in [7, 11) is 0. The summed E-state index contributed by atoms with van der Waals surface area (Å²) in [6.07, 6.45) is 4.09. The van der Waals surface area contributed by atoms with Gasteiger partial charge in [-0.05, 0) is 60.2 Å². The fourth-order valence-electron chi connectivity index (χ4n) is 4.70. The Hall–Kier alpha value is -4.08. The van der Waals surface area contributed by atoms with Gasteiger partial charge >= 0.3 is 0 Å². The molecule has 5 heterocycles. The monoisotopic (exact) mass is 500 g/mol. The van der Waals surface area contributed by atoms with Gasteiger partial charge in [-0.2, -0.15) is 0 Å². The van der Waals surface area contributed by atoms with Crippen molar-refractivity contribution in [3.8, 4) is 33.6 Å². The maximum Gasteiger partial charge on any atom is 0.0737 e. The van der Waals surface area contributed by atoms with Crippen molar-refractivity contribution in [3.63, 3.8) is 0 Å². The van der Waals surface area contributed by atoms with E-state index in [-0.39, 0.29) is 19.5 Å². The van der Waals surface area contributed by atoms with Crippen LogP contribution in [0.25, 0.3) is 67.9 Å². The average Bonchev–Trinajstić information content (AvgIpc) is 3.64. The van der Waals surface area contributed by atoms with Gasteiger partial charge in [0, 0.05) is 58.2 Å². The molecule has 5 aromatic rings. The van der Waals surface area contributed by atoms with Crippen molar-refractivity contribution in [2.75, 3.05) is 0 Å². The van der Waals surface area contributed by atoms with E-state index >= 15 is 0 Å². The van der Waals surface area contributed by atoms with Crippen LogP contribution in [0.3, 0.4) is 0 Å². The zero-order valence-corrected chi connectivity index (χ0v) is 22.0. The van der Waals surface area contributed by atoms with Crippen LogP contribution >= 0.6 is 0 Å². The summed E-state index contributed by atoms with van der Waals surface area (Å²) in [5, 5.41) is 0. The number of nitrogens with one attached hydrogen (secondary N) is 2. The number of hydrogen-bond donors (Lipinski definition) is 2. The molecule has 0 unspecified atom stereocenters. The van der Waals surface area contributed by atoms with Gasteiger partial charge in [0.05, 0.1) is 22.8 Å². The van der Waals surface area contributed by atoms with Crippen LogP contribution < -0.4 is 0 Å². The van der Waals surface area contributed by atoms with Gasteiger partial charge in [-0.3, -0.25) is 0 Å². The minimum Gasteiger partial charge on any atom is -0.355 e. The zero-order valence-electron chi connectivity index (χ0n) is 19.0. The quantitative estimate of drug-likeness (QED) is 0.229. The Morgan fingerprint density at radius 2 is 1.11 bits per heavy atom. The second kappa shape index (κ2) is 8.61. The molecule has 3 aromatic heterocycles. The maximum absolute atomic E-state index is 5.05. The van der Waals surface area contributed by atoms with Crippen LogP contribution in [0.15, 0.2) is 97.1 Å². The molecule has 0 saturated carbocycles. The standard InChI is InChI=1S/C30H20N4.Zn/c1-2-6-19(7-3-1)27-16-24-15-22-11-10-20(31-22)14-21-12-13-23(32-21)17-28-25-8-4-5-9-26(25)29(34-28)18-30(27)33-24;/h1-18,32-33H;. The predicted octanol–water partition coefficient (Wildman–Crippen LogP) is 7.48. The normalized spacial score (nSPS) is 11.7. The van der Waals surface area contributed by atoms with Crippen LogP contribution in [0.2, 0.25) is 0 Å². The second-order valence-corrected chi connectivity index (χ2v) is 8.59. The Balaban J connectivity index is 0.00000229. The van der Waals surface area contributed by atoms with E-state index in [1.807, 2.05) is 18.2 Å². The molecular weight excluding hydrogens is 482 g/mol. The largest absolute Gasteiger partial charge is 0.355 e. The number of nitrogens with zero attached hydrogens (tertiary/aromatic N) is 2. The molecule has 2 aliphatic rings. The smallest absolute Gasteiger partial charge is 0.0737 e. The summed E-state index contributed by atoms with van der Waals surface area (Å²) < 4.78 is 0. The molecule has 7 rings (SSSR count). The number of hydrogen-bond acceptors (Lipinski definition) is 2. The van der Waals surface area contributed by atoms with Gasteiger partial charge in [0.25, 0.3) is 0 Å². The van der Waals surface area contributed by atoms with E-state index in [4.69, 9.17) is 9.97 Å². The van der Waals surface area contributed by atoms with Crippen LogP contribution in [-0.2, 0) is 19.5 Å². The molecule has 2 aromatic carbocycles. The first-order chi connectivity index (χ1) is 16.8. The zero-order chi connectivity index (χ0) is 22.5.